The number of halogens is 1. The van der Waals surface area contributed by atoms with Gasteiger partial charge in [0.1, 0.15) is 0 Å². The van der Waals surface area contributed by atoms with E-state index in [1.165, 1.54) is 0 Å². The highest BCUT2D eigenvalue weighted by Gasteiger charge is 1.99. The Morgan fingerprint density at radius 2 is 2.11 bits per heavy atom. The SMILES string of the molecule is O=C(CNc1ccc(Br)cc1)N/N=C/c1cccs1. The van der Waals surface area contributed by atoms with Gasteiger partial charge in [-0.25, -0.2) is 5.43 Å². The largest absolute Gasteiger partial charge is 0.376 e. The Labute approximate surface area is 123 Å². The molecule has 98 valence electrons. The molecule has 0 aliphatic carbocycles. The molecule has 19 heavy (non-hydrogen) atoms. The van der Waals surface area contributed by atoms with Crippen molar-refractivity contribution in [3.05, 3.63) is 51.1 Å². The van der Waals surface area contributed by atoms with Crippen molar-refractivity contribution in [2.75, 3.05) is 11.9 Å². The molecule has 4 nitrogen and oxygen atoms in total. The van der Waals surface area contributed by atoms with Crippen molar-refractivity contribution in [2.45, 2.75) is 0 Å². The van der Waals surface area contributed by atoms with E-state index in [0.29, 0.717) is 0 Å². The van der Waals surface area contributed by atoms with E-state index in [1.807, 2.05) is 41.8 Å². The summed E-state index contributed by atoms with van der Waals surface area (Å²) >= 11 is 4.92. The van der Waals surface area contributed by atoms with E-state index in [-0.39, 0.29) is 12.5 Å². The molecule has 0 saturated carbocycles. The molecule has 1 amide bonds. The fourth-order valence-electron chi connectivity index (χ4n) is 1.32. The Morgan fingerprint density at radius 1 is 1.32 bits per heavy atom. The minimum Gasteiger partial charge on any atom is -0.376 e. The number of hydrogen-bond donors (Lipinski definition) is 2. The van der Waals surface area contributed by atoms with Gasteiger partial charge in [0.25, 0.3) is 5.91 Å². The lowest BCUT2D eigenvalue weighted by molar-refractivity contribution is -0.119. The van der Waals surface area contributed by atoms with Gasteiger partial charge in [-0.15, -0.1) is 11.3 Å². The number of amides is 1. The van der Waals surface area contributed by atoms with Crippen LogP contribution in [-0.4, -0.2) is 18.7 Å². The lowest BCUT2D eigenvalue weighted by atomic mass is 10.3. The van der Waals surface area contributed by atoms with E-state index < -0.39 is 0 Å². The molecule has 0 radical (unpaired) electrons. The molecule has 6 heteroatoms. The lowest BCUT2D eigenvalue weighted by Gasteiger charge is -2.04. The third-order valence-corrected chi connectivity index (χ3v) is 3.56. The summed E-state index contributed by atoms with van der Waals surface area (Å²) in [5, 5.41) is 8.85. The van der Waals surface area contributed by atoms with Crippen molar-refractivity contribution in [1.82, 2.24) is 5.43 Å². The van der Waals surface area contributed by atoms with Crippen molar-refractivity contribution in [3.63, 3.8) is 0 Å². The van der Waals surface area contributed by atoms with Gasteiger partial charge in [0, 0.05) is 15.0 Å². The molecule has 0 saturated heterocycles. The van der Waals surface area contributed by atoms with Crippen LogP contribution < -0.4 is 10.7 Å². The number of rotatable bonds is 5. The van der Waals surface area contributed by atoms with Gasteiger partial charge >= 0.3 is 0 Å². The molecule has 0 spiro atoms. The van der Waals surface area contributed by atoms with Gasteiger partial charge in [-0.05, 0) is 35.7 Å². The lowest BCUT2D eigenvalue weighted by Crippen LogP contribution is -2.25. The minimum absolute atomic E-state index is 0.184. The predicted octanol–water partition coefficient (Wildman–Crippen LogP) is 3.07. The molecule has 2 aromatic rings. The van der Waals surface area contributed by atoms with E-state index in [2.05, 4.69) is 31.8 Å². The van der Waals surface area contributed by atoms with Crippen LogP contribution in [0.3, 0.4) is 0 Å². The highest BCUT2D eigenvalue weighted by molar-refractivity contribution is 9.10. The van der Waals surface area contributed by atoms with E-state index in [0.717, 1.165) is 15.0 Å². The first kappa shape index (κ1) is 13.8. The molecule has 1 aromatic carbocycles. The number of anilines is 1. The number of hydrogen-bond acceptors (Lipinski definition) is 4. The summed E-state index contributed by atoms with van der Waals surface area (Å²) in [6.45, 7) is 0.184. The van der Waals surface area contributed by atoms with Crippen LogP contribution >= 0.6 is 27.3 Å². The number of thiophene rings is 1. The van der Waals surface area contributed by atoms with E-state index in [9.17, 15) is 4.79 Å². The van der Waals surface area contributed by atoms with Crippen molar-refractivity contribution in [3.8, 4) is 0 Å². The molecule has 0 atom stereocenters. The Balaban J connectivity index is 1.74. The Morgan fingerprint density at radius 3 is 2.79 bits per heavy atom. The maximum Gasteiger partial charge on any atom is 0.259 e. The van der Waals surface area contributed by atoms with E-state index in [4.69, 9.17) is 0 Å². The molecule has 1 aromatic heterocycles. The van der Waals surface area contributed by atoms with Gasteiger partial charge in [0.15, 0.2) is 0 Å². The van der Waals surface area contributed by atoms with Crippen LogP contribution in [0, 0.1) is 0 Å². The Bertz CT molecular complexity index is 552. The number of carbonyl (C=O) groups is 1. The van der Waals surface area contributed by atoms with Crippen LogP contribution in [-0.2, 0) is 4.79 Å². The summed E-state index contributed by atoms with van der Waals surface area (Å²) < 4.78 is 1.00. The molecular weight excluding hydrogens is 326 g/mol. The Hall–Kier alpha value is -1.66. The van der Waals surface area contributed by atoms with E-state index in [1.54, 1.807) is 17.6 Å². The maximum absolute atomic E-state index is 11.5. The second-order valence-corrected chi connectivity index (χ2v) is 5.56. The van der Waals surface area contributed by atoms with Crippen LogP contribution in [0.1, 0.15) is 4.88 Å². The third kappa shape index (κ3) is 4.84. The topological polar surface area (TPSA) is 53.5 Å². The molecule has 0 aliphatic rings. The highest BCUT2D eigenvalue weighted by Crippen LogP contribution is 2.13. The normalized spacial score (nSPS) is 10.6. The summed E-state index contributed by atoms with van der Waals surface area (Å²) in [6.07, 6.45) is 1.63. The van der Waals surface area contributed by atoms with Crippen molar-refractivity contribution < 1.29 is 4.79 Å². The quantitative estimate of drug-likeness (QED) is 0.650. The molecule has 0 bridgehead atoms. The zero-order valence-corrected chi connectivity index (χ0v) is 12.4. The summed E-state index contributed by atoms with van der Waals surface area (Å²) in [7, 11) is 0. The molecule has 2 rings (SSSR count). The minimum atomic E-state index is -0.185. The molecule has 1 heterocycles. The first-order valence-corrected chi connectivity index (χ1v) is 7.26. The summed E-state index contributed by atoms with van der Waals surface area (Å²) in [5.41, 5.74) is 3.36. The van der Waals surface area contributed by atoms with Crippen LogP contribution in [0.5, 0.6) is 0 Å². The fourth-order valence-corrected chi connectivity index (χ4v) is 2.17. The van der Waals surface area contributed by atoms with Gasteiger partial charge in [-0.1, -0.05) is 22.0 Å². The standard InChI is InChI=1S/C13H12BrN3OS/c14-10-3-5-11(6-4-10)15-9-13(18)17-16-8-12-2-1-7-19-12/h1-8,15H,9H2,(H,17,18)/b16-8+. The van der Waals surface area contributed by atoms with Crippen molar-refractivity contribution >= 4 is 45.1 Å². The summed E-state index contributed by atoms with van der Waals surface area (Å²) in [4.78, 5) is 12.5. The summed E-state index contributed by atoms with van der Waals surface area (Å²) in [5.74, 6) is -0.185. The molecular formula is C13H12BrN3OS. The molecule has 0 unspecified atom stereocenters. The van der Waals surface area contributed by atoms with Gasteiger partial charge in [-0.2, -0.15) is 5.10 Å². The predicted molar refractivity (Wildman–Crippen MR) is 82.7 cm³/mol. The second kappa shape index (κ2) is 7.06. The maximum atomic E-state index is 11.5. The monoisotopic (exact) mass is 337 g/mol. The number of nitrogens with one attached hydrogen (secondary N) is 2. The number of benzene rings is 1. The Kier molecular flexibility index (Phi) is 5.11. The third-order valence-electron chi connectivity index (χ3n) is 2.22. The van der Waals surface area contributed by atoms with Crippen LogP contribution in [0.2, 0.25) is 0 Å². The van der Waals surface area contributed by atoms with Gasteiger partial charge in [-0.3, -0.25) is 4.79 Å². The number of nitrogens with zero attached hydrogens (tertiary/aromatic N) is 1. The zero-order chi connectivity index (χ0) is 13.5. The fraction of sp³-hybridized carbons (Fsp3) is 0.0769. The van der Waals surface area contributed by atoms with Crippen LogP contribution in [0.4, 0.5) is 5.69 Å². The van der Waals surface area contributed by atoms with Crippen molar-refractivity contribution in [1.29, 1.82) is 0 Å². The van der Waals surface area contributed by atoms with Crippen molar-refractivity contribution in [2.24, 2.45) is 5.10 Å². The average Bonchev–Trinajstić information content (AvgIpc) is 2.91. The average molecular weight is 338 g/mol. The second-order valence-electron chi connectivity index (χ2n) is 3.67. The van der Waals surface area contributed by atoms with Gasteiger partial charge < -0.3 is 5.32 Å². The highest BCUT2D eigenvalue weighted by atomic mass is 79.9. The molecule has 0 aliphatic heterocycles. The van der Waals surface area contributed by atoms with Crippen LogP contribution in [0.25, 0.3) is 0 Å². The van der Waals surface area contributed by atoms with E-state index >= 15 is 0 Å². The van der Waals surface area contributed by atoms with Gasteiger partial charge in [0.2, 0.25) is 0 Å². The first-order valence-electron chi connectivity index (χ1n) is 5.59. The molecule has 0 fully saturated rings. The molecule has 2 N–H and O–H groups in total. The summed E-state index contributed by atoms with van der Waals surface area (Å²) in [6, 6.07) is 11.5. The number of carbonyl (C=O) groups excluding carboxylic acids is 1. The number of hydrazone groups is 1. The van der Waals surface area contributed by atoms with Crippen LogP contribution in [0.15, 0.2) is 51.4 Å². The first-order chi connectivity index (χ1) is 9.24. The van der Waals surface area contributed by atoms with Gasteiger partial charge in [0.05, 0.1) is 12.8 Å². The smallest absolute Gasteiger partial charge is 0.259 e. The zero-order valence-electron chi connectivity index (χ0n) is 9.97.